The van der Waals surface area contributed by atoms with E-state index in [-0.39, 0.29) is 23.5 Å². The molecule has 150 valence electrons. The van der Waals surface area contributed by atoms with Crippen molar-refractivity contribution in [2.45, 2.75) is 40.2 Å². The maximum absolute atomic E-state index is 13.7. The van der Waals surface area contributed by atoms with Crippen LogP contribution < -0.4 is 10.2 Å². The number of carbonyl (C=O) groups excluding carboxylic acids is 2. The molecule has 0 aliphatic carbocycles. The first-order valence-corrected chi connectivity index (χ1v) is 8.69. The van der Waals surface area contributed by atoms with Crippen LogP contribution in [0, 0.1) is 5.41 Å². The highest BCUT2D eigenvalue weighted by molar-refractivity contribution is 5.97. The Morgan fingerprint density at radius 3 is 2.21 bits per heavy atom. The van der Waals surface area contributed by atoms with E-state index in [2.05, 4.69) is 0 Å². The van der Waals surface area contributed by atoms with Crippen molar-refractivity contribution in [3.05, 3.63) is 65.2 Å². The molecule has 0 spiro atoms. The molecule has 2 rings (SSSR count). The van der Waals surface area contributed by atoms with Gasteiger partial charge in [0, 0.05) is 12.5 Å². The molecule has 28 heavy (non-hydrogen) atoms. The molecule has 0 aliphatic heterocycles. The largest absolute Gasteiger partial charge is 0.488 e. The topological polar surface area (TPSA) is 64.6 Å². The quantitative estimate of drug-likeness (QED) is 0.756. The van der Waals surface area contributed by atoms with Crippen molar-refractivity contribution in [1.29, 1.82) is 0 Å². The standard InChI is InChI=1S/C21H23F2NO4/c1-20(2,3)19(26)28-24-18(25)16-11-10-15(21(4,22)23)12-17(16)27-13-14-8-6-5-7-9-14/h5-12H,13H2,1-4H3,(H,24,25). The van der Waals surface area contributed by atoms with Gasteiger partial charge in [0.05, 0.1) is 11.0 Å². The van der Waals surface area contributed by atoms with E-state index in [0.717, 1.165) is 24.6 Å². The van der Waals surface area contributed by atoms with Crippen LogP contribution in [0.2, 0.25) is 0 Å². The third-order valence-electron chi connectivity index (χ3n) is 3.82. The van der Waals surface area contributed by atoms with Crippen molar-refractivity contribution >= 4 is 11.9 Å². The number of alkyl halides is 2. The fraction of sp³-hybridized carbons (Fsp3) is 0.333. The van der Waals surface area contributed by atoms with Crippen molar-refractivity contribution < 1.29 is 27.9 Å². The Kier molecular flexibility index (Phi) is 6.38. The molecule has 5 nitrogen and oxygen atoms in total. The van der Waals surface area contributed by atoms with Gasteiger partial charge in [-0.25, -0.2) is 13.6 Å². The smallest absolute Gasteiger partial charge is 0.337 e. The predicted molar refractivity (Wildman–Crippen MR) is 99.8 cm³/mol. The van der Waals surface area contributed by atoms with Gasteiger partial charge in [-0.15, -0.1) is 0 Å². The van der Waals surface area contributed by atoms with Crippen LogP contribution in [-0.4, -0.2) is 11.9 Å². The highest BCUT2D eigenvalue weighted by atomic mass is 19.3. The maximum Gasteiger partial charge on any atom is 0.337 e. The monoisotopic (exact) mass is 391 g/mol. The van der Waals surface area contributed by atoms with Gasteiger partial charge in [-0.05, 0) is 38.5 Å². The lowest BCUT2D eigenvalue weighted by molar-refractivity contribution is -0.158. The van der Waals surface area contributed by atoms with Crippen molar-refractivity contribution in [3.8, 4) is 5.75 Å². The number of hydroxylamine groups is 1. The van der Waals surface area contributed by atoms with Crippen LogP contribution in [0.25, 0.3) is 0 Å². The fourth-order valence-electron chi connectivity index (χ4n) is 2.14. The van der Waals surface area contributed by atoms with Crippen LogP contribution in [-0.2, 0) is 22.2 Å². The van der Waals surface area contributed by atoms with E-state index in [1.165, 1.54) is 6.07 Å². The number of ether oxygens (including phenoxy) is 1. The molecule has 0 fully saturated rings. The summed E-state index contributed by atoms with van der Waals surface area (Å²) in [5, 5.41) is 0. The Morgan fingerprint density at radius 1 is 1.00 bits per heavy atom. The molecule has 0 atom stereocenters. The molecule has 0 saturated heterocycles. The highest BCUT2D eigenvalue weighted by Gasteiger charge is 2.28. The maximum atomic E-state index is 13.7. The molecule has 0 aromatic heterocycles. The van der Waals surface area contributed by atoms with E-state index in [1.54, 1.807) is 20.8 Å². The molecule has 0 radical (unpaired) electrons. The summed E-state index contributed by atoms with van der Waals surface area (Å²) in [6.45, 7) is 5.74. The first-order chi connectivity index (χ1) is 13.0. The second-order valence-electron chi connectivity index (χ2n) is 7.44. The van der Waals surface area contributed by atoms with Gasteiger partial charge < -0.3 is 9.57 Å². The first-order valence-electron chi connectivity index (χ1n) is 8.69. The number of hydrogen-bond donors (Lipinski definition) is 1. The van der Waals surface area contributed by atoms with Crippen LogP contribution in [0.1, 0.15) is 49.2 Å². The summed E-state index contributed by atoms with van der Waals surface area (Å²) in [6, 6.07) is 12.5. The Balaban J connectivity index is 2.23. The molecular weight excluding hydrogens is 368 g/mol. The van der Waals surface area contributed by atoms with Crippen molar-refractivity contribution in [3.63, 3.8) is 0 Å². The number of halogens is 2. The van der Waals surface area contributed by atoms with Gasteiger partial charge >= 0.3 is 5.97 Å². The van der Waals surface area contributed by atoms with Gasteiger partial charge in [0.1, 0.15) is 12.4 Å². The average molecular weight is 391 g/mol. The number of nitrogens with one attached hydrogen (secondary N) is 1. The zero-order chi connectivity index (χ0) is 20.9. The van der Waals surface area contributed by atoms with E-state index in [1.807, 2.05) is 35.8 Å². The lowest BCUT2D eigenvalue weighted by atomic mass is 9.98. The summed E-state index contributed by atoms with van der Waals surface area (Å²) in [7, 11) is 0. The summed E-state index contributed by atoms with van der Waals surface area (Å²) in [5.74, 6) is -4.54. The molecule has 0 saturated carbocycles. The van der Waals surface area contributed by atoms with Gasteiger partial charge in [-0.3, -0.25) is 4.79 Å². The van der Waals surface area contributed by atoms with Gasteiger partial charge in [0.2, 0.25) is 0 Å². The van der Waals surface area contributed by atoms with Crippen molar-refractivity contribution in [1.82, 2.24) is 5.48 Å². The Hall–Kier alpha value is -2.96. The number of benzene rings is 2. The SMILES string of the molecule is CC(C)(C)C(=O)ONC(=O)c1ccc(C(C)(F)F)cc1OCc1ccccc1. The molecule has 0 heterocycles. The number of hydrogen-bond acceptors (Lipinski definition) is 4. The third kappa shape index (κ3) is 5.77. The second-order valence-corrected chi connectivity index (χ2v) is 7.44. The normalized spacial score (nSPS) is 11.6. The lowest BCUT2D eigenvalue weighted by Crippen LogP contribution is -2.33. The van der Waals surface area contributed by atoms with Gasteiger partial charge in [0.15, 0.2) is 0 Å². The van der Waals surface area contributed by atoms with Gasteiger partial charge in [-0.1, -0.05) is 36.4 Å². The highest BCUT2D eigenvalue weighted by Crippen LogP contribution is 2.32. The van der Waals surface area contributed by atoms with Crippen LogP contribution >= 0.6 is 0 Å². The fourth-order valence-corrected chi connectivity index (χ4v) is 2.14. The van der Waals surface area contributed by atoms with Gasteiger partial charge in [0.25, 0.3) is 11.8 Å². The first kappa shape index (κ1) is 21.3. The Bertz CT molecular complexity index is 840. The lowest BCUT2D eigenvalue weighted by Gasteiger charge is -2.18. The minimum Gasteiger partial charge on any atom is -0.488 e. The van der Waals surface area contributed by atoms with Crippen molar-refractivity contribution in [2.75, 3.05) is 0 Å². The number of rotatable bonds is 5. The molecule has 0 aliphatic rings. The molecule has 1 N–H and O–H groups in total. The summed E-state index contributed by atoms with van der Waals surface area (Å²) in [5.41, 5.74) is 1.73. The molecule has 0 bridgehead atoms. The Labute approximate surface area is 162 Å². The van der Waals surface area contributed by atoms with Gasteiger partial charge in [-0.2, -0.15) is 5.48 Å². The van der Waals surface area contributed by atoms with Crippen molar-refractivity contribution in [2.24, 2.45) is 5.41 Å². The summed E-state index contributed by atoms with van der Waals surface area (Å²) >= 11 is 0. The van der Waals surface area contributed by atoms with Crippen LogP contribution in [0.15, 0.2) is 48.5 Å². The molecule has 0 unspecified atom stereocenters. The van der Waals surface area contributed by atoms with E-state index in [0.29, 0.717) is 0 Å². The minimum absolute atomic E-state index is 0.0226. The van der Waals surface area contributed by atoms with E-state index in [4.69, 9.17) is 9.57 Å². The average Bonchev–Trinajstić information content (AvgIpc) is 2.63. The molecule has 2 aromatic carbocycles. The third-order valence-corrected chi connectivity index (χ3v) is 3.82. The van der Waals surface area contributed by atoms with Crippen LogP contribution in [0.3, 0.4) is 0 Å². The molecular formula is C21H23F2NO4. The summed E-state index contributed by atoms with van der Waals surface area (Å²) in [4.78, 5) is 29.0. The molecule has 2 aromatic rings. The summed E-state index contributed by atoms with van der Waals surface area (Å²) < 4.78 is 33.0. The van der Waals surface area contributed by atoms with E-state index < -0.39 is 23.2 Å². The van der Waals surface area contributed by atoms with E-state index >= 15 is 0 Å². The Morgan fingerprint density at radius 2 is 1.64 bits per heavy atom. The van der Waals surface area contributed by atoms with Crippen LogP contribution in [0.4, 0.5) is 8.78 Å². The zero-order valence-electron chi connectivity index (χ0n) is 16.2. The zero-order valence-corrected chi connectivity index (χ0v) is 16.2. The molecule has 1 amide bonds. The summed E-state index contributed by atoms with van der Waals surface area (Å²) in [6.07, 6.45) is 0. The van der Waals surface area contributed by atoms with Crippen LogP contribution in [0.5, 0.6) is 5.75 Å². The molecule has 7 heteroatoms. The second kappa shape index (κ2) is 8.37. The minimum atomic E-state index is -3.10. The number of carbonyl (C=O) groups is 2. The number of amides is 1. The predicted octanol–water partition coefficient (Wildman–Crippen LogP) is 4.61. The van der Waals surface area contributed by atoms with E-state index in [9.17, 15) is 18.4 Å².